The molecule has 0 aliphatic heterocycles. The molecular weight excluding hydrogens is 256 g/mol. The van der Waals surface area contributed by atoms with Crippen molar-refractivity contribution in [2.24, 2.45) is 0 Å². The van der Waals surface area contributed by atoms with Crippen LogP contribution in [-0.2, 0) is 0 Å². The van der Waals surface area contributed by atoms with Crippen LogP contribution in [0.2, 0.25) is 0 Å². The Morgan fingerprint density at radius 1 is 0.895 bits per heavy atom. The predicted molar refractivity (Wildman–Crippen MR) is 64.5 cm³/mol. The zero-order chi connectivity index (χ0) is 14.0. The Morgan fingerprint density at radius 3 is 1.89 bits per heavy atom. The molecule has 0 aliphatic carbocycles. The Labute approximate surface area is 108 Å². The average molecular weight is 267 g/mol. The number of hydrogen-bond acceptors (Lipinski definition) is 0. The van der Waals surface area contributed by atoms with E-state index in [0.717, 1.165) is 24.3 Å². The summed E-state index contributed by atoms with van der Waals surface area (Å²) in [5, 5.41) is 0. The first-order valence-electron chi connectivity index (χ1n) is 5.79. The predicted octanol–water partition coefficient (Wildman–Crippen LogP) is 4.62. The van der Waals surface area contributed by atoms with Gasteiger partial charge in [-0.05, 0) is 36.2 Å². The second-order valence-corrected chi connectivity index (χ2v) is 4.09. The number of benzene rings is 2. The maximum Gasteiger partial charge on any atom is 0.130 e. The summed E-state index contributed by atoms with van der Waals surface area (Å²) in [5.74, 6) is -2.83. The van der Waals surface area contributed by atoms with Gasteiger partial charge in [0.1, 0.15) is 23.3 Å². The van der Waals surface area contributed by atoms with Crippen LogP contribution < -0.4 is 0 Å². The molecule has 0 nitrogen and oxygen atoms in total. The quantitative estimate of drug-likeness (QED) is 0.711. The number of halogens is 4. The molecule has 99 valence electrons. The lowest BCUT2D eigenvalue weighted by Crippen LogP contribution is -2.07. The summed E-state index contributed by atoms with van der Waals surface area (Å²) in [6.45, 7) is 1.67. The van der Waals surface area contributed by atoms with Crippen molar-refractivity contribution in [3.8, 4) is 0 Å². The van der Waals surface area contributed by atoms with Gasteiger partial charge in [-0.3, -0.25) is 0 Å². The first-order valence-corrected chi connectivity index (χ1v) is 5.79. The van der Waals surface area contributed by atoms with E-state index in [0.29, 0.717) is 6.07 Å². The van der Waals surface area contributed by atoms with Crippen LogP contribution in [0.4, 0.5) is 17.6 Å². The molecule has 0 saturated carbocycles. The highest BCUT2D eigenvalue weighted by molar-refractivity contribution is 5.47. The second kappa shape index (κ2) is 5.43. The average Bonchev–Trinajstić information content (AvgIpc) is 2.32. The normalized spacial score (nSPS) is 11.1. The van der Waals surface area contributed by atoms with Crippen LogP contribution in [0.25, 0.3) is 0 Å². The smallest absolute Gasteiger partial charge is 0.130 e. The Morgan fingerprint density at radius 2 is 1.42 bits per heavy atom. The topological polar surface area (TPSA) is 0 Å². The Balaban J connectivity index is 2.56. The first kappa shape index (κ1) is 13.6. The Kier molecular flexibility index (Phi) is 3.88. The van der Waals surface area contributed by atoms with E-state index in [1.54, 1.807) is 6.92 Å². The van der Waals surface area contributed by atoms with Crippen LogP contribution >= 0.6 is 0 Å². The molecule has 0 atom stereocenters. The Bertz CT molecular complexity index is 552. The third kappa shape index (κ3) is 2.78. The molecule has 0 aromatic heterocycles. The van der Waals surface area contributed by atoms with Crippen LogP contribution in [0.15, 0.2) is 36.4 Å². The van der Waals surface area contributed by atoms with Crippen LogP contribution in [0.1, 0.15) is 24.5 Å². The third-order valence-corrected chi connectivity index (χ3v) is 2.83. The monoisotopic (exact) mass is 267 g/mol. The Hall–Kier alpha value is -1.84. The van der Waals surface area contributed by atoms with E-state index in [-0.39, 0.29) is 23.5 Å². The minimum absolute atomic E-state index is 0.143. The fourth-order valence-electron chi connectivity index (χ4n) is 2.04. The van der Waals surface area contributed by atoms with Crippen LogP contribution in [-0.4, -0.2) is 0 Å². The van der Waals surface area contributed by atoms with E-state index in [1.807, 2.05) is 0 Å². The van der Waals surface area contributed by atoms with Crippen molar-refractivity contribution in [2.75, 3.05) is 0 Å². The standard InChI is InChI=1S/C15H11F4/c1-2-12(9-6-10(16)8-11(17)7-9)15-13(18)4-3-5-14(15)19/h3-8H,2H2,1H3. The molecule has 0 saturated heterocycles. The molecule has 0 fully saturated rings. The van der Waals surface area contributed by atoms with Gasteiger partial charge in [0, 0.05) is 17.5 Å². The highest BCUT2D eigenvalue weighted by atomic mass is 19.1. The fourth-order valence-corrected chi connectivity index (χ4v) is 2.04. The van der Waals surface area contributed by atoms with Crippen LogP contribution in [0, 0.1) is 29.2 Å². The zero-order valence-electron chi connectivity index (χ0n) is 10.2. The van der Waals surface area contributed by atoms with Gasteiger partial charge in [-0.15, -0.1) is 0 Å². The molecule has 0 spiro atoms. The van der Waals surface area contributed by atoms with Gasteiger partial charge < -0.3 is 0 Å². The molecule has 2 aromatic carbocycles. The minimum Gasteiger partial charge on any atom is -0.207 e. The van der Waals surface area contributed by atoms with E-state index >= 15 is 0 Å². The highest BCUT2D eigenvalue weighted by Crippen LogP contribution is 2.31. The van der Waals surface area contributed by atoms with Crippen molar-refractivity contribution in [1.82, 2.24) is 0 Å². The van der Waals surface area contributed by atoms with Crippen LogP contribution in [0.5, 0.6) is 0 Å². The maximum atomic E-state index is 13.7. The highest BCUT2D eigenvalue weighted by Gasteiger charge is 2.22. The number of hydrogen-bond donors (Lipinski definition) is 0. The van der Waals surface area contributed by atoms with Crippen LogP contribution in [0.3, 0.4) is 0 Å². The zero-order valence-corrected chi connectivity index (χ0v) is 10.2. The summed E-state index contributed by atoms with van der Waals surface area (Å²) in [6, 6.07) is 6.32. The van der Waals surface area contributed by atoms with Crippen molar-refractivity contribution in [3.63, 3.8) is 0 Å². The molecule has 0 N–H and O–H groups in total. The minimum atomic E-state index is -0.780. The lowest BCUT2D eigenvalue weighted by molar-refractivity contribution is 0.559. The second-order valence-electron chi connectivity index (χ2n) is 4.09. The molecular formula is C15H11F4. The molecule has 2 rings (SSSR count). The molecule has 0 amide bonds. The van der Waals surface area contributed by atoms with Crippen molar-refractivity contribution < 1.29 is 17.6 Å². The van der Waals surface area contributed by atoms with Gasteiger partial charge in [0.25, 0.3) is 0 Å². The molecule has 4 heteroatoms. The maximum absolute atomic E-state index is 13.7. The van der Waals surface area contributed by atoms with Gasteiger partial charge in [0.2, 0.25) is 0 Å². The van der Waals surface area contributed by atoms with Crippen molar-refractivity contribution in [3.05, 3.63) is 76.7 Å². The van der Waals surface area contributed by atoms with E-state index in [9.17, 15) is 17.6 Å². The SMILES string of the molecule is CC[C](c1cc(F)cc(F)c1)c1c(F)cccc1F. The summed E-state index contributed by atoms with van der Waals surface area (Å²) >= 11 is 0. The summed E-state index contributed by atoms with van der Waals surface area (Å²) in [7, 11) is 0. The number of rotatable bonds is 3. The van der Waals surface area contributed by atoms with Crippen molar-refractivity contribution in [2.45, 2.75) is 13.3 Å². The van der Waals surface area contributed by atoms with Gasteiger partial charge in [0.15, 0.2) is 0 Å². The molecule has 0 heterocycles. The molecule has 0 bridgehead atoms. The van der Waals surface area contributed by atoms with Gasteiger partial charge in [-0.25, -0.2) is 17.6 Å². The lowest BCUT2D eigenvalue weighted by Gasteiger charge is -2.17. The molecule has 1 radical (unpaired) electrons. The van der Waals surface area contributed by atoms with Gasteiger partial charge in [0.05, 0.1) is 0 Å². The summed E-state index contributed by atoms with van der Waals surface area (Å²) in [4.78, 5) is 0. The van der Waals surface area contributed by atoms with Gasteiger partial charge in [-0.1, -0.05) is 13.0 Å². The summed E-state index contributed by atoms with van der Waals surface area (Å²) in [5.41, 5.74) is -0.0981. The summed E-state index contributed by atoms with van der Waals surface area (Å²) < 4.78 is 53.9. The van der Waals surface area contributed by atoms with Crippen molar-refractivity contribution in [1.29, 1.82) is 0 Å². The van der Waals surface area contributed by atoms with Crippen molar-refractivity contribution >= 4 is 0 Å². The molecule has 0 aliphatic rings. The van der Waals surface area contributed by atoms with E-state index < -0.39 is 23.3 Å². The van der Waals surface area contributed by atoms with E-state index in [2.05, 4.69) is 0 Å². The van der Waals surface area contributed by atoms with E-state index in [1.165, 1.54) is 6.07 Å². The fraction of sp³-hybridized carbons (Fsp3) is 0.133. The molecule has 2 aromatic rings. The third-order valence-electron chi connectivity index (χ3n) is 2.83. The largest absolute Gasteiger partial charge is 0.207 e. The van der Waals surface area contributed by atoms with Gasteiger partial charge >= 0.3 is 0 Å². The first-order chi connectivity index (χ1) is 9.02. The van der Waals surface area contributed by atoms with E-state index in [4.69, 9.17) is 0 Å². The molecule has 19 heavy (non-hydrogen) atoms. The summed E-state index contributed by atoms with van der Waals surface area (Å²) in [6.07, 6.45) is 0.251. The van der Waals surface area contributed by atoms with Gasteiger partial charge in [-0.2, -0.15) is 0 Å². The molecule has 0 unspecified atom stereocenters. The lowest BCUT2D eigenvalue weighted by atomic mass is 9.88.